The highest BCUT2D eigenvalue weighted by molar-refractivity contribution is 7.80. The fraction of sp³-hybridized carbons (Fsp3) is 0.583. The van der Waals surface area contributed by atoms with Crippen molar-refractivity contribution in [1.29, 1.82) is 0 Å². The Morgan fingerprint density at radius 3 is 3.00 bits per heavy atom. The van der Waals surface area contributed by atoms with E-state index < -0.39 is 0 Å². The van der Waals surface area contributed by atoms with Gasteiger partial charge in [-0.2, -0.15) is 0 Å². The van der Waals surface area contributed by atoms with Gasteiger partial charge in [-0.25, -0.2) is 0 Å². The molecule has 0 aliphatic heterocycles. The average molecular weight is 224 g/mol. The van der Waals surface area contributed by atoms with Crippen LogP contribution in [-0.4, -0.2) is 18.2 Å². The zero-order chi connectivity index (χ0) is 10.9. The highest BCUT2D eigenvalue weighted by Crippen LogP contribution is 2.19. The summed E-state index contributed by atoms with van der Waals surface area (Å²) in [5.41, 5.74) is 1.58. The first-order valence-corrected chi connectivity index (χ1v) is 6.04. The smallest absolute Gasteiger partial charge is 0.166 e. The maximum Gasteiger partial charge on any atom is 0.166 e. The molecule has 0 aromatic carbocycles. The molecule has 0 unspecified atom stereocenters. The first-order chi connectivity index (χ1) is 7.33. The van der Waals surface area contributed by atoms with Crippen LogP contribution in [0.2, 0.25) is 0 Å². The van der Waals surface area contributed by atoms with Crippen LogP contribution < -0.4 is 10.6 Å². The lowest BCUT2D eigenvalue weighted by Crippen LogP contribution is -2.35. The molecular formula is C12H20N2S. The summed E-state index contributed by atoms with van der Waals surface area (Å²) in [5, 5.41) is 6.98. The Balaban J connectivity index is 2.07. The average Bonchev–Trinajstić information content (AvgIpc) is 2.28. The van der Waals surface area contributed by atoms with Gasteiger partial charge in [0.05, 0.1) is 0 Å². The lowest BCUT2D eigenvalue weighted by molar-refractivity contribution is 0.667. The topological polar surface area (TPSA) is 24.1 Å². The van der Waals surface area contributed by atoms with Crippen molar-refractivity contribution in [3.05, 3.63) is 24.3 Å². The van der Waals surface area contributed by atoms with Crippen molar-refractivity contribution in [3.8, 4) is 0 Å². The Kier molecular flexibility index (Phi) is 6.09. The van der Waals surface area contributed by atoms with E-state index in [0.717, 1.165) is 24.6 Å². The van der Waals surface area contributed by atoms with E-state index in [-0.39, 0.29) is 0 Å². The summed E-state index contributed by atoms with van der Waals surface area (Å²) in [4.78, 5) is 0. The van der Waals surface area contributed by atoms with Crippen LogP contribution in [-0.2, 0) is 0 Å². The van der Waals surface area contributed by atoms with E-state index in [4.69, 9.17) is 12.2 Å². The molecule has 0 saturated heterocycles. The van der Waals surface area contributed by atoms with E-state index in [1.165, 1.54) is 25.7 Å². The van der Waals surface area contributed by atoms with Crippen LogP contribution in [0.25, 0.3) is 0 Å². The Hall–Kier alpha value is -0.830. The molecule has 0 atom stereocenters. The van der Waals surface area contributed by atoms with Gasteiger partial charge in [0, 0.05) is 13.1 Å². The first-order valence-electron chi connectivity index (χ1n) is 5.63. The summed E-state index contributed by atoms with van der Waals surface area (Å²) in [5.74, 6) is 0. The quantitative estimate of drug-likeness (QED) is 0.554. The van der Waals surface area contributed by atoms with E-state index in [9.17, 15) is 0 Å². The van der Waals surface area contributed by atoms with Crippen LogP contribution in [0.4, 0.5) is 0 Å². The van der Waals surface area contributed by atoms with Crippen molar-refractivity contribution in [1.82, 2.24) is 10.6 Å². The molecule has 0 aromatic rings. The fourth-order valence-electron chi connectivity index (χ4n) is 1.70. The molecule has 15 heavy (non-hydrogen) atoms. The van der Waals surface area contributed by atoms with Crippen molar-refractivity contribution >= 4 is 17.3 Å². The predicted octanol–water partition coefficient (Wildman–Crippen LogP) is 2.53. The van der Waals surface area contributed by atoms with Gasteiger partial charge >= 0.3 is 0 Å². The van der Waals surface area contributed by atoms with Crippen molar-refractivity contribution in [3.63, 3.8) is 0 Å². The number of hydrogen-bond donors (Lipinski definition) is 2. The molecule has 0 aromatic heterocycles. The lowest BCUT2D eigenvalue weighted by Gasteiger charge is -2.14. The van der Waals surface area contributed by atoms with Crippen molar-refractivity contribution in [2.45, 2.75) is 32.1 Å². The van der Waals surface area contributed by atoms with Gasteiger partial charge in [0.2, 0.25) is 0 Å². The minimum absolute atomic E-state index is 0.728. The Labute approximate surface area is 97.8 Å². The molecule has 0 spiro atoms. The third kappa shape index (κ3) is 5.57. The minimum Gasteiger partial charge on any atom is -0.362 e. The van der Waals surface area contributed by atoms with Gasteiger partial charge in [-0.05, 0) is 44.3 Å². The van der Waals surface area contributed by atoms with Gasteiger partial charge in [0.25, 0.3) is 0 Å². The van der Waals surface area contributed by atoms with Crippen molar-refractivity contribution < 1.29 is 0 Å². The van der Waals surface area contributed by atoms with Crippen molar-refractivity contribution in [2.24, 2.45) is 0 Å². The highest BCUT2D eigenvalue weighted by Gasteiger charge is 2.03. The maximum atomic E-state index is 5.10. The van der Waals surface area contributed by atoms with Crippen LogP contribution in [0.5, 0.6) is 0 Å². The molecule has 2 N–H and O–H groups in total. The highest BCUT2D eigenvalue weighted by atomic mass is 32.1. The largest absolute Gasteiger partial charge is 0.362 e. The molecule has 0 saturated carbocycles. The standard InChI is InChI=1S/C12H20N2S/c1-2-9-13-12(15)14-10-8-11-6-4-3-5-7-11/h2,6H,1,3-5,7-10H2,(H2,13,14,15). The maximum absolute atomic E-state index is 5.10. The van der Waals surface area contributed by atoms with Gasteiger partial charge < -0.3 is 10.6 Å². The zero-order valence-electron chi connectivity index (χ0n) is 9.22. The van der Waals surface area contributed by atoms with Crippen molar-refractivity contribution in [2.75, 3.05) is 13.1 Å². The second-order valence-electron chi connectivity index (χ2n) is 3.78. The second kappa shape index (κ2) is 7.46. The van der Waals surface area contributed by atoms with Gasteiger partial charge in [-0.1, -0.05) is 17.7 Å². The van der Waals surface area contributed by atoms with Crippen LogP contribution in [0.3, 0.4) is 0 Å². The number of nitrogens with one attached hydrogen (secondary N) is 2. The molecule has 1 aliphatic rings. The van der Waals surface area contributed by atoms with Gasteiger partial charge in [0.1, 0.15) is 0 Å². The van der Waals surface area contributed by atoms with Crippen LogP contribution in [0.1, 0.15) is 32.1 Å². The summed E-state index contributed by atoms with van der Waals surface area (Å²) in [6.07, 6.45) is 10.5. The van der Waals surface area contributed by atoms with E-state index in [0.29, 0.717) is 0 Å². The van der Waals surface area contributed by atoms with E-state index >= 15 is 0 Å². The lowest BCUT2D eigenvalue weighted by atomic mass is 9.97. The first kappa shape index (κ1) is 12.2. The van der Waals surface area contributed by atoms with Gasteiger partial charge in [-0.15, -0.1) is 6.58 Å². The van der Waals surface area contributed by atoms with Gasteiger partial charge in [-0.3, -0.25) is 0 Å². The molecule has 0 heterocycles. The van der Waals surface area contributed by atoms with Crippen LogP contribution in [0.15, 0.2) is 24.3 Å². The van der Waals surface area contributed by atoms with Crippen LogP contribution >= 0.6 is 12.2 Å². The Bertz CT molecular complexity index is 246. The Morgan fingerprint density at radius 2 is 2.33 bits per heavy atom. The number of hydrogen-bond acceptors (Lipinski definition) is 1. The summed E-state index contributed by atoms with van der Waals surface area (Å²) in [7, 11) is 0. The van der Waals surface area contributed by atoms with Crippen LogP contribution in [0, 0.1) is 0 Å². The third-order valence-electron chi connectivity index (χ3n) is 2.52. The minimum atomic E-state index is 0.728. The molecule has 1 rings (SSSR count). The molecule has 2 nitrogen and oxygen atoms in total. The fourth-order valence-corrected chi connectivity index (χ4v) is 1.88. The molecule has 84 valence electrons. The number of rotatable bonds is 5. The van der Waals surface area contributed by atoms with E-state index in [2.05, 4.69) is 23.3 Å². The predicted molar refractivity (Wildman–Crippen MR) is 70.0 cm³/mol. The Morgan fingerprint density at radius 1 is 1.47 bits per heavy atom. The van der Waals surface area contributed by atoms with E-state index in [1.807, 2.05) is 0 Å². The molecular weight excluding hydrogens is 204 g/mol. The number of thiocarbonyl (C=S) groups is 1. The molecule has 0 amide bonds. The SMILES string of the molecule is C=CCNC(=S)NCCC1=CCCCC1. The molecule has 0 radical (unpaired) electrons. The third-order valence-corrected chi connectivity index (χ3v) is 2.81. The summed E-state index contributed by atoms with van der Waals surface area (Å²) in [6, 6.07) is 0. The molecule has 0 bridgehead atoms. The second-order valence-corrected chi connectivity index (χ2v) is 4.19. The summed E-state index contributed by atoms with van der Waals surface area (Å²) >= 11 is 5.10. The van der Waals surface area contributed by atoms with Gasteiger partial charge in [0.15, 0.2) is 5.11 Å². The molecule has 3 heteroatoms. The number of allylic oxidation sites excluding steroid dienone is 1. The molecule has 0 fully saturated rings. The molecule has 1 aliphatic carbocycles. The normalized spacial score (nSPS) is 15.3. The summed E-state index contributed by atoms with van der Waals surface area (Å²) in [6.45, 7) is 5.30. The van der Waals surface area contributed by atoms with E-state index in [1.54, 1.807) is 11.6 Å². The zero-order valence-corrected chi connectivity index (χ0v) is 10.0. The summed E-state index contributed by atoms with van der Waals surface area (Å²) < 4.78 is 0. The monoisotopic (exact) mass is 224 g/mol.